The summed E-state index contributed by atoms with van der Waals surface area (Å²) in [6.07, 6.45) is -0.233. The lowest BCUT2D eigenvalue weighted by molar-refractivity contribution is 0.00851. The Balaban J connectivity index is 1.87. The van der Waals surface area contributed by atoms with Gasteiger partial charge >= 0.3 is 6.09 Å². The molecule has 0 spiro atoms. The zero-order valence-electron chi connectivity index (χ0n) is 10.4. The van der Waals surface area contributed by atoms with E-state index in [0.717, 1.165) is 5.69 Å². The molecule has 2 rings (SSSR count). The van der Waals surface area contributed by atoms with Crippen LogP contribution in [0.5, 0.6) is 0 Å². The molecule has 1 aromatic rings. The predicted molar refractivity (Wildman–Crippen MR) is 69.3 cm³/mol. The third-order valence-corrected chi connectivity index (χ3v) is 3.73. The number of nitrogens with two attached hydrogens (primary N) is 1. The molecular formula is C12H18N2O2S. The van der Waals surface area contributed by atoms with E-state index in [1.807, 2.05) is 32.2 Å². The summed E-state index contributed by atoms with van der Waals surface area (Å²) in [6.45, 7) is 7.04. The predicted octanol–water partition coefficient (Wildman–Crippen LogP) is 2.66. The lowest BCUT2D eigenvalue weighted by atomic mass is 9.98. The van der Waals surface area contributed by atoms with Crippen LogP contribution in [0.4, 0.5) is 10.5 Å². The molecule has 1 fully saturated rings. The Bertz CT molecular complexity index is 416. The van der Waals surface area contributed by atoms with E-state index in [2.05, 4.69) is 0 Å². The fourth-order valence-corrected chi connectivity index (χ4v) is 2.69. The van der Waals surface area contributed by atoms with Crippen molar-refractivity contribution in [3.63, 3.8) is 0 Å². The molecule has 1 amide bonds. The van der Waals surface area contributed by atoms with Gasteiger partial charge in [0.05, 0.1) is 0 Å². The average molecular weight is 254 g/mol. The van der Waals surface area contributed by atoms with Gasteiger partial charge in [0, 0.05) is 29.6 Å². The summed E-state index contributed by atoms with van der Waals surface area (Å²) in [4.78, 5) is 14.6. The third-order valence-electron chi connectivity index (χ3n) is 2.63. The van der Waals surface area contributed by atoms with Crippen LogP contribution in [0.3, 0.4) is 0 Å². The fraction of sp³-hybridized carbons (Fsp3) is 0.583. The molecule has 1 aliphatic heterocycles. The van der Waals surface area contributed by atoms with E-state index in [-0.39, 0.29) is 6.09 Å². The van der Waals surface area contributed by atoms with Gasteiger partial charge in [0.2, 0.25) is 0 Å². The number of likely N-dealkylation sites (tertiary alicyclic amines) is 1. The monoisotopic (exact) mass is 254 g/mol. The molecule has 5 heteroatoms. The highest BCUT2D eigenvalue weighted by atomic mass is 32.1. The molecule has 17 heavy (non-hydrogen) atoms. The molecule has 1 saturated heterocycles. The van der Waals surface area contributed by atoms with E-state index in [1.165, 1.54) is 4.88 Å². The van der Waals surface area contributed by atoms with Gasteiger partial charge in [0.15, 0.2) is 0 Å². The van der Waals surface area contributed by atoms with Gasteiger partial charge in [-0.2, -0.15) is 0 Å². The normalized spacial score (nSPS) is 16.8. The van der Waals surface area contributed by atoms with Crippen molar-refractivity contribution in [2.45, 2.75) is 32.3 Å². The van der Waals surface area contributed by atoms with Gasteiger partial charge in [0.1, 0.15) is 5.60 Å². The molecule has 0 saturated carbocycles. The highest BCUT2D eigenvalue weighted by molar-refractivity contribution is 7.10. The number of nitrogen functional groups attached to an aromatic ring is 1. The second-order valence-corrected chi connectivity index (χ2v) is 6.27. The molecule has 0 aromatic carbocycles. The molecule has 0 bridgehead atoms. The van der Waals surface area contributed by atoms with Crippen molar-refractivity contribution in [3.8, 4) is 0 Å². The van der Waals surface area contributed by atoms with Gasteiger partial charge in [-0.25, -0.2) is 4.79 Å². The zero-order chi connectivity index (χ0) is 12.6. The van der Waals surface area contributed by atoms with Gasteiger partial charge in [-0.15, -0.1) is 11.3 Å². The highest BCUT2D eigenvalue weighted by Gasteiger charge is 2.35. The summed E-state index contributed by atoms with van der Waals surface area (Å²) in [7, 11) is 0. The van der Waals surface area contributed by atoms with Crippen molar-refractivity contribution >= 4 is 23.1 Å². The van der Waals surface area contributed by atoms with Crippen LogP contribution in [0.1, 0.15) is 31.6 Å². The summed E-state index contributed by atoms with van der Waals surface area (Å²) in [5.41, 5.74) is 6.26. The minimum absolute atomic E-state index is 0.233. The van der Waals surface area contributed by atoms with Crippen molar-refractivity contribution in [3.05, 3.63) is 16.3 Å². The van der Waals surface area contributed by atoms with Crippen LogP contribution in [0.15, 0.2) is 11.4 Å². The number of thiophene rings is 1. The minimum Gasteiger partial charge on any atom is -0.444 e. The third kappa shape index (κ3) is 2.72. The first-order chi connectivity index (χ1) is 7.87. The maximum absolute atomic E-state index is 11.7. The van der Waals surface area contributed by atoms with E-state index in [4.69, 9.17) is 10.5 Å². The topological polar surface area (TPSA) is 55.6 Å². The molecule has 0 radical (unpaired) electrons. The molecular weight excluding hydrogens is 236 g/mol. The average Bonchev–Trinajstić information content (AvgIpc) is 2.46. The smallest absolute Gasteiger partial charge is 0.410 e. The molecule has 2 heterocycles. The van der Waals surface area contributed by atoms with Crippen LogP contribution in [0.2, 0.25) is 0 Å². The van der Waals surface area contributed by atoms with Gasteiger partial charge in [-0.05, 0) is 32.2 Å². The zero-order valence-corrected chi connectivity index (χ0v) is 11.2. The first-order valence-electron chi connectivity index (χ1n) is 5.67. The van der Waals surface area contributed by atoms with Crippen LogP contribution in [0, 0.1) is 0 Å². The summed E-state index contributed by atoms with van der Waals surface area (Å²) in [5.74, 6) is 0.377. The van der Waals surface area contributed by atoms with Crippen molar-refractivity contribution < 1.29 is 9.53 Å². The number of hydrogen-bond acceptors (Lipinski definition) is 4. The molecule has 0 aliphatic carbocycles. The maximum atomic E-state index is 11.7. The van der Waals surface area contributed by atoms with E-state index < -0.39 is 5.60 Å². The van der Waals surface area contributed by atoms with Crippen molar-refractivity contribution in [2.75, 3.05) is 18.8 Å². The van der Waals surface area contributed by atoms with Crippen LogP contribution in [-0.4, -0.2) is 29.7 Å². The van der Waals surface area contributed by atoms with E-state index in [0.29, 0.717) is 19.0 Å². The van der Waals surface area contributed by atoms with E-state index in [1.54, 1.807) is 16.2 Å². The Morgan fingerprint density at radius 1 is 1.53 bits per heavy atom. The van der Waals surface area contributed by atoms with Crippen molar-refractivity contribution in [2.24, 2.45) is 0 Å². The van der Waals surface area contributed by atoms with E-state index in [9.17, 15) is 4.79 Å². The molecule has 4 nitrogen and oxygen atoms in total. The molecule has 1 aromatic heterocycles. The van der Waals surface area contributed by atoms with Gasteiger partial charge in [-0.1, -0.05) is 0 Å². The standard InChI is InChI=1S/C12H18N2O2S/c1-12(2,3)16-11(15)14-6-8(7-14)10-9(13)4-5-17-10/h4-5,8H,6-7,13H2,1-3H3. The second-order valence-electron chi connectivity index (χ2n) is 5.32. The number of hydrogen-bond donors (Lipinski definition) is 1. The van der Waals surface area contributed by atoms with Crippen LogP contribution >= 0.6 is 11.3 Å². The molecule has 94 valence electrons. The first kappa shape index (κ1) is 12.2. The molecule has 0 atom stereocenters. The van der Waals surface area contributed by atoms with Crippen LogP contribution in [0.25, 0.3) is 0 Å². The summed E-state index contributed by atoms with van der Waals surface area (Å²) < 4.78 is 5.30. The summed E-state index contributed by atoms with van der Waals surface area (Å²) >= 11 is 1.66. The maximum Gasteiger partial charge on any atom is 0.410 e. The van der Waals surface area contributed by atoms with Crippen molar-refractivity contribution in [1.29, 1.82) is 0 Å². The number of ether oxygens (including phenoxy) is 1. The molecule has 2 N–H and O–H groups in total. The number of carbonyl (C=O) groups excluding carboxylic acids is 1. The highest BCUT2D eigenvalue weighted by Crippen LogP contribution is 2.35. The molecule has 1 aliphatic rings. The second kappa shape index (κ2) is 4.22. The largest absolute Gasteiger partial charge is 0.444 e. The van der Waals surface area contributed by atoms with E-state index >= 15 is 0 Å². The van der Waals surface area contributed by atoms with Gasteiger partial charge in [0.25, 0.3) is 0 Å². The number of amides is 1. The van der Waals surface area contributed by atoms with Crippen LogP contribution in [-0.2, 0) is 4.74 Å². The number of anilines is 1. The Morgan fingerprint density at radius 3 is 2.65 bits per heavy atom. The summed E-state index contributed by atoms with van der Waals surface area (Å²) in [5, 5.41) is 1.99. The summed E-state index contributed by atoms with van der Waals surface area (Å²) in [6, 6.07) is 1.91. The Morgan fingerprint density at radius 2 is 2.18 bits per heavy atom. The number of carbonyl (C=O) groups is 1. The van der Waals surface area contributed by atoms with Gasteiger partial charge < -0.3 is 15.4 Å². The Labute approximate surface area is 105 Å². The first-order valence-corrected chi connectivity index (χ1v) is 6.55. The van der Waals surface area contributed by atoms with Crippen molar-refractivity contribution in [1.82, 2.24) is 4.90 Å². The quantitative estimate of drug-likeness (QED) is 0.838. The SMILES string of the molecule is CC(C)(C)OC(=O)N1CC(c2sccc2N)C1. The molecule has 0 unspecified atom stereocenters. The number of nitrogens with zero attached hydrogens (tertiary/aromatic N) is 1. The number of rotatable bonds is 1. The van der Waals surface area contributed by atoms with Crippen LogP contribution < -0.4 is 5.73 Å². The Hall–Kier alpha value is -1.23. The lowest BCUT2D eigenvalue weighted by Gasteiger charge is -2.39. The fourth-order valence-electron chi connectivity index (χ4n) is 1.78. The van der Waals surface area contributed by atoms with Gasteiger partial charge in [-0.3, -0.25) is 0 Å². The lowest BCUT2D eigenvalue weighted by Crippen LogP contribution is -2.50. The Kier molecular flexibility index (Phi) is 3.03. The minimum atomic E-state index is -0.426.